The monoisotopic (exact) mass is 466 g/mol. The second-order valence-electron chi connectivity index (χ2n) is 11.7. The minimum atomic E-state index is -2.02. The normalized spacial score (nSPS) is 21.8. The maximum atomic E-state index is 12.5. The van der Waals surface area contributed by atoms with Crippen molar-refractivity contribution in [3.8, 4) is 11.8 Å². The van der Waals surface area contributed by atoms with Crippen LogP contribution < -0.4 is 0 Å². The van der Waals surface area contributed by atoms with Gasteiger partial charge in [0.05, 0.1) is 12.0 Å². The van der Waals surface area contributed by atoms with Crippen molar-refractivity contribution in [3.05, 3.63) is 12.2 Å². The predicted molar refractivity (Wildman–Crippen MR) is 135 cm³/mol. The molecule has 0 N–H and O–H groups in total. The lowest BCUT2D eigenvalue weighted by molar-refractivity contribution is -0.115. The van der Waals surface area contributed by atoms with Crippen molar-refractivity contribution in [2.24, 2.45) is 5.92 Å². The molecule has 0 heterocycles. The van der Waals surface area contributed by atoms with Gasteiger partial charge >= 0.3 is 0 Å². The molecule has 1 fully saturated rings. The summed E-state index contributed by atoms with van der Waals surface area (Å²) in [6.07, 6.45) is 0.657. The molecule has 0 bridgehead atoms. The minimum absolute atomic E-state index is 0.0687. The summed E-state index contributed by atoms with van der Waals surface area (Å²) in [5.74, 6) is 6.52. The van der Waals surface area contributed by atoms with Gasteiger partial charge in [-0.15, -0.1) is 0 Å². The van der Waals surface area contributed by atoms with Crippen molar-refractivity contribution < 1.29 is 18.4 Å². The molecule has 0 aliphatic heterocycles. The average Bonchev–Trinajstić information content (AvgIpc) is 2.83. The number of carbonyl (C=O) groups excluding carboxylic acids is 1. The van der Waals surface area contributed by atoms with Gasteiger partial charge < -0.3 is 13.6 Å². The van der Waals surface area contributed by atoms with Gasteiger partial charge in [0, 0.05) is 31.6 Å². The van der Waals surface area contributed by atoms with Crippen molar-refractivity contribution in [3.63, 3.8) is 0 Å². The zero-order valence-electron chi connectivity index (χ0n) is 21.9. The van der Waals surface area contributed by atoms with Crippen molar-refractivity contribution >= 4 is 22.4 Å². The molecule has 178 valence electrons. The highest BCUT2D eigenvalue weighted by molar-refractivity contribution is 6.74. The molecule has 0 amide bonds. The number of hydrogen-bond donors (Lipinski definition) is 0. The second-order valence-corrected chi connectivity index (χ2v) is 21.2. The standard InChI is InChI=1S/C25H46O4Si2/c1-13-27-17-16-20(28-30(9,10)24(3,4)5)14-15-21-19(2)22(26)18-23(21)29-31(11,12)25(6,7)8/h20-21,23H,2,13,16-18H2,1,3-12H3/t20-,21-,23-/m1/s1. The first kappa shape index (κ1) is 28.3. The summed E-state index contributed by atoms with van der Waals surface area (Å²) >= 11 is 0. The molecule has 6 heteroatoms. The molecular formula is C25H46O4Si2. The molecule has 0 unspecified atom stereocenters. The Hall–Kier alpha value is -0.716. The van der Waals surface area contributed by atoms with Gasteiger partial charge in [0.15, 0.2) is 22.4 Å². The number of Topliss-reactive ketones (excluding diaryl/α,β-unsaturated/α-hetero) is 1. The quantitative estimate of drug-likeness (QED) is 0.181. The Kier molecular flexibility index (Phi) is 9.57. The van der Waals surface area contributed by atoms with E-state index in [9.17, 15) is 4.79 Å². The highest BCUT2D eigenvalue weighted by Gasteiger charge is 2.45. The van der Waals surface area contributed by atoms with Crippen LogP contribution in [0.3, 0.4) is 0 Å². The number of hydrogen-bond acceptors (Lipinski definition) is 4. The van der Waals surface area contributed by atoms with Gasteiger partial charge in [-0.3, -0.25) is 4.79 Å². The molecule has 0 saturated heterocycles. The van der Waals surface area contributed by atoms with Gasteiger partial charge in [0.2, 0.25) is 0 Å². The van der Waals surface area contributed by atoms with Crippen molar-refractivity contribution in [1.82, 2.24) is 0 Å². The molecule has 3 atom stereocenters. The third-order valence-electron chi connectivity index (χ3n) is 7.12. The Morgan fingerprint density at radius 3 is 2.10 bits per heavy atom. The molecule has 1 aliphatic carbocycles. The first-order valence-corrected chi connectivity index (χ1v) is 17.4. The molecule has 0 spiro atoms. The van der Waals surface area contributed by atoms with Crippen LogP contribution >= 0.6 is 0 Å². The van der Waals surface area contributed by atoms with E-state index >= 15 is 0 Å². The summed E-state index contributed by atoms with van der Waals surface area (Å²) in [7, 11) is -4.01. The molecule has 1 rings (SSSR count). The summed E-state index contributed by atoms with van der Waals surface area (Å²) in [5, 5.41) is 0.170. The molecule has 0 aromatic rings. The zero-order chi connectivity index (χ0) is 24.3. The maximum Gasteiger partial charge on any atom is 0.193 e. The number of rotatable bonds is 8. The molecule has 1 saturated carbocycles. The zero-order valence-corrected chi connectivity index (χ0v) is 23.9. The second kappa shape index (κ2) is 10.5. The summed E-state index contributed by atoms with van der Waals surface area (Å²) in [5.41, 5.74) is 0.576. The smallest absolute Gasteiger partial charge is 0.193 e. The third-order valence-corrected chi connectivity index (χ3v) is 16.1. The van der Waals surface area contributed by atoms with Crippen LogP contribution in [0.25, 0.3) is 0 Å². The van der Waals surface area contributed by atoms with E-state index in [-0.39, 0.29) is 34.0 Å². The molecule has 0 aromatic carbocycles. The molecule has 31 heavy (non-hydrogen) atoms. The molecular weight excluding hydrogens is 420 g/mol. The summed E-state index contributed by atoms with van der Waals surface area (Å²) in [6.45, 7) is 29.6. The van der Waals surface area contributed by atoms with Crippen LogP contribution in [0, 0.1) is 17.8 Å². The highest BCUT2D eigenvalue weighted by Crippen LogP contribution is 2.41. The van der Waals surface area contributed by atoms with Crippen LogP contribution in [0.2, 0.25) is 36.3 Å². The Bertz CT molecular complexity index is 702. The van der Waals surface area contributed by atoms with Crippen molar-refractivity contribution in [2.45, 2.75) is 110 Å². The van der Waals surface area contributed by atoms with Crippen LogP contribution in [-0.2, 0) is 18.4 Å². The number of ether oxygens (including phenoxy) is 1. The Morgan fingerprint density at radius 2 is 1.61 bits per heavy atom. The van der Waals surface area contributed by atoms with Crippen molar-refractivity contribution in [2.75, 3.05) is 13.2 Å². The summed E-state index contributed by atoms with van der Waals surface area (Å²) in [4.78, 5) is 12.5. The van der Waals surface area contributed by atoms with Crippen LogP contribution in [-0.4, -0.2) is 47.8 Å². The molecule has 0 radical (unpaired) electrons. The van der Waals surface area contributed by atoms with Crippen molar-refractivity contribution in [1.29, 1.82) is 0 Å². The maximum absolute atomic E-state index is 12.5. The van der Waals surface area contributed by atoms with E-state index < -0.39 is 16.6 Å². The largest absolute Gasteiger partial charge is 0.412 e. The van der Waals surface area contributed by atoms with Gasteiger partial charge in [0.25, 0.3) is 0 Å². The fraction of sp³-hybridized carbons (Fsp3) is 0.800. The van der Waals surface area contributed by atoms with E-state index in [1.54, 1.807) is 0 Å². The van der Waals surface area contributed by atoms with E-state index in [0.717, 1.165) is 0 Å². The van der Waals surface area contributed by atoms with Crippen LogP contribution in [0.4, 0.5) is 0 Å². The third kappa shape index (κ3) is 7.68. The SMILES string of the molecule is C=C1C(=O)C[C@@H](O[Si](C)(C)C(C)(C)C)[C@@H]1C#C[C@H](CCOCC)O[Si](C)(C)C(C)(C)C. The van der Waals surface area contributed by atoms with Gasteiger partial charge in [-0.2, -0.15) is 0 Å². The number of carbonyl (C=O) groups is 1. The summed E-state index contributed by atoms with van der Waals surface area (Å²) in [6, 6.07) is 0. The lowest BCUT2D eigenvalue weighted by Gasteiger charge is -2.39. The van der Waals surface area contributed by atoms with Crippen LogP contribution in [0.1, 0.15) is 61.3 Å². The van der Waals surface area contributed by atoms with Gasteiger partial charge in [-0.05, 0) is 43.2 Å². The topological polar surface area (TPSA) is 44.8 Å². The Balaban J connectivity index is 3.14. The highest BCUT2D eigenvalue weighted by atomic mass is 28.4. The first-order valence-electron chi connectivity index (χ1n) is 11.6. The van der Waals surface area contributed by atoms with E-state index in [1.165, 1.54) is 0 Å². The van der Waals surface area contributed by atoms with Gasteiger partial charge in [-0.25, -0.2) is 0 Å². The Morgan fingerprint density at radius 1 is 1.06 bits per heavy atom. The number of ketones is 1. The fourth-order valence-electron chi connectivity index (χ4n) is 2.88. The molecule has 0 aromatic heterocycles. The van der Waals surface area contributed by atoms with Crippen LogP contribution in [0.15, 0.2) is 12.2 Å². The van der Waals surface area contributed by atoms with E-state index in [2.05, 4.69) is 86.2 Å². The van der Waals surface area contributed by atoms with Crippen LogP contribution in [0.5, 0.6) is 0 Å². The van der Waals surface area contributed by atoms with E-state index in [4.69, 9.17) is 13.6 Å². The van der Waals surface area contributed by atoms with Gasteiger partial charge in [0.1, 0.15) is 6.10 Å². The lowest BCUT2D eigenvalue weighted by atomic mass is 10.0. The minimum Gasteiger partial charge on any atom is -0.412 e. The summed E-state index contributed by atoms with van der Waals surface area (Å²) < 4.78 is 18.8. The molecule has 1 aliphatic rings. The first-order chi connectivity index (χ1) is 13.9. The average molecular weight is 467 g/mol. The van der Waals surface area contributed by atoms with Gasteiger partial charge in [-0.1, -0.05) is 60.0 Å². The fourth-order valence-corrected chi connectivity index (χ4v) is 5.46. The van der Waals surface area contributed by atoms with E-state index in [0.29, 0.717) is 31.6 Å². The molecule has 4 nitrogen and oxygen atoms in total. The lowest BCUT2D eigenvalue weighted by Crippen LogP contribution is -2.45. The Labute approximate surface area is 193 Å². The van der Waals surface area contributed by atoms with E-state index in [1.807, 2.05) is 6.92 Å². The predicted octanol–water partition coefficient (Wildman–Crippen LogP) is 6.34.